The van der Waals surface area contributed by atoms with Crippen LogP contribution in [0.3, 0.4) is 0 Å². The van der Waals surface area contributed by atoms with Gasteiger partial charge in [-0.05, 0) is 38.1 Å². The van der Waals surface area contributed by atoms with Crippen molar-refractivity contribution in [3.05, 3.63) is 0 Å². The zero-order valence-corrected chi connectivity index (χ0v) is 10.4. The van der Waals surface area contributed by atoms with Crippen LogP contribution >= 0.6 is 0 Å². The molecule has 1 rings (SSSR count). The van der Waals surface area contributed by atoms with Crippen LogP contribution in [0.15, 0.2) is 0 Å². The SMILES string of the molecule is CCC(=O)C1CCC(CNC(C)C)CC1.[HH]. The summed E-state index contributed by atoms with van der Waals surface area (Å²) in [6.45, 7) is 7.48. The van der Waals surface area contributed by atoms with Crippen LogP contribution < -0.4 is 5.32 Å². The average Bonchev–Trinajstić information content (AvgIpc) is 2.26. The van der Waals surface area contributed by atoms with Gasteiger partial charge in [0.15, 0.2) is 0 Å². The largest absolute Gasteiger partial charge is 0.314 e. The Morgan fingerprint density at radius 3 is 2.40 bits per heavy atom. The van der Waals surface area contributed by atoms with Gasteiger partial charge in [-0.25, -0.2) is 0 Å². The van der Waals surface area contributed by atoms with E-state index in [1.807, 2.05) is 6.92 Å². The van der Waals surface area contributed by atoms with Crippen LogP contribution in [-0.2, 0) is 4.79 Å². The smallest absolute Gasteiger partial charge is 0.135 e. The molecule has 0 spiro atoms. The van der Waals surface area contributed by atoms with E-state index in [2.05, 4.69) is 19.2 Å². The maximum Gasteiger partial charge on any atom is 0.135 e. The number of carbonyl (C=O) groups is 1. The van der Waals surface area contributed by atoms with Crippen molar-refractivity contribution in [1.29, 1.82) is 0 Å². The van der Waals surface area contributed by atoms with E-state index in [0.29, 0.717) is 17.7 Å². The summed E-state index contributed by atoms with van der Waals surface area (Å²) in [5.41, 5.74) is 0. The molecule has 0 heterocycles. The Bertz CT molecular complexity index is 198. The minimum absolute atomic E-state index is 0. The molecule has 0 aromatic rings. The normalized spacial score (nSPS) is 26.9. The fraction of sp³-hybridized carbons (Fsp3) is 0.923. The Morgan fingerprint density at radius 1 is 1.33 bits per heavy atom. The molecule has 0 aromatic carbocycles. The predicted molar refractivity (Wildman–Crippen MR) is 66.0 cm³/mol. The summed E-state index contributed by atoms with van der Waals surface area (Å²) in [6, 6.07) is 0.583. The second-order valence-electron chi connectivity index (χ2n) is 5.10. The molecular formula is C13H27NO. The minimum atomic E-state index is 0. The van der Waals surface area contributed by atoms with E-state index < -0.39 is 0 Å². The molecule has 15 heavy (non-hydrogen) atoms. The van der Waals surface area contributed by atoms with Crippen LogP contribution in [0.25, 0.3) is 0 Å². The van der Waals surface area contributed by atoms with E-state index in [9.17, 15) is 4.79 Å². The van der Waals surface area contributed by atoms with Gasteiger partial charge in [0.05, 0.1) is 0 Å². The molecule has 0 amide bonds. The van der Waals surface area contributed by atoms with Crippen molar-refractivity contribution in [2.24, 2.45) is 11.8 Å². The third-order valence-corrected chi connectivity index (χ3v) is 3.47. The van der Waals surface area contributed by atoms with Gasteiger partial charge in [0.2, 0.25) is 0 Å². The molecule has 0 bridgehead atoms. The minimum Gasteiger partial charge on any atom is -0.314 e. The maximum absolute atomic E-state index is 11.5. The highest BCUT2D eigenvalue weighted by Crippen LogP contribution is 2.29. The summed E-state index contributed by atoms with van der Waals surface area (Å²) in [5.74, 6) is 1.66. The monoisotopic (exact) mass is 213 g/mol. The molecule has 90 valence electrons. The molecule has 2 nitrogen and oxygen atoms in total. The van der Waals surface area contributed by atoms with Gasteiger partial charge in [0, 0.05) is 19.8 Å². The Morgan fingerprint density at radius 2 is 1.93 bits per heavy atom. The lowest BCUT2D eigenvalue weighted by Crippen LogP contribution is -2.32. The molecule has 0 saturated heterocycles. The summed E-state index contributed by atoms with van der Waals surface area (Å²) in [4.78, 5) is 11.5. The third kappa shape index (κ3) is 4.33. The van der Waals surface area contributed by atoms with E-state index in [1.54, 1.807) is 0 Å². The molecule has 0 aliphatic heterocycles. The van der Waals surface area contributed by atoms with E-state index >= 15 is 0 Å². The van der Waals surface area contributed by atoms with Crippen molar-refractivity contribution in [3.63, 3.8) is 0 Å². The Labute approximate surface area is 95.3 Å². The van der Waals surface area contributed by atoms with Crippen LogP contribution in [0.4, 0.5) is 0 Å². The Hall–Kier alpha value is -0.370. The highest BCUT2D eigenvalue weighted by molar-refractivity contribution is 5.80. The summed E-state index contributed by atoms with van der Waals surface area (Å²) < 4.78 is 0. The summed E-state index contributed by atoms with van der Waals surface area (Å²) in [5, 5.41) is 3.49. The predicted octanol–water partition coefficient (Wildman–Crippen LogP) is 3.02. The quantitative estimate of drug-likeness (QED) is 0.760. The Kier molecular flexibility index (Phi) is 5.30. The second-order valence-corrected chi connectivity index (χ2v) is 5.10. The van der Waals surface area contributed by atoms with Gasteiger partial charge in [-0.2, -0.15) is 0 Å². The molecule has 2 heteroatoms. The molecule has 1 N–H and O–H groups in total. The Balaban J connectivity index is 0.00000225. The zero-order chi connectivity index (χ0) is 11.3. The van der Waals surface area contributed by atoms with Crippen LogP contribution in [0.1, 0.15) is 54.3 Å². The van der Waals surface area contributed by atoms with Gasteiger partial charge < -0.3 is 5.32 Å². The first-order valence-electron chi connectivity index (χ1n) is 6.39. The van der Waals surface area contributed by atoms with Crippen LogP contribution in [-0.4, -0.2) is 18.4 Å². The van der Waals surface area contributed by atoms with Gasteiger partial charge in [0.1, 0.15) is 5.78 Å². The molecule has 1 aliphatic rings. The molecule has 0 atom stereocenters. The number of ketones is 1. The fourth-order valence-corrected chi connectivity index (χ4v) is 2.38. The van der Waals surface area contributed by atoms with Gasteiger partial charge >= 0.3 is 0 Å². The van der Waals surface area contributed by atoms with Crippen molar-refractivity contribution >= 4 is 5.78 Å². The molecule has 1 fully saturated rings. The molecular weight excluding hydrogens is 186 g/mol. The highest BCUT2D eigenvalue weighted by Gasteiger charge is 2.24. The summed E-state index contributed by atoms with van der Waals surface area (Å²) >= 11 is 0. The van der Waals surface area contributed by atoms with Crippen molar-refractivity contribution in [2.45, 2.75) is 58.9 Å². The number of hydrogen-bond acceptors (Lipinski definition) is 2. The molecule has 0 unspecified atom stereocenters. The summed E-state index contributed by atoms with van der Waals surface area (Å²) in [7, 11) is 0. The lowest BCUT2D eigenvalue weighted by Gasteiger charge is -2.28. The first kappa shape index (κ1) is 12.7. The van der Waals surface area contributed by atoms with Gasteiger partial charge in [0.25, 0.3) is 0 Å². The van der Waals surface area contributed by atoms with Gasteiger partial charge in [-0.1, -0.05) is 20.8 Å². The number of Topliss-reactive ketones (excluding diaryl/α,β-unsaturated/α-hetero) is 1. The second kappa shape index (κ2) is 6.26. The lowest BCUT2D eigenvalue weighted by atomic mass is 9.79. The van der Waals surface area contributed by atoms with Gasteiger partial charge in [-0.3, -0.25) is 4.79 Å². The zero-order valence-electron chi connectivity index (χ0n) is 10.4. The molecule has 1 saturated carbocycles. The number of nitrogens with one attached hydrogen (secondary N) is 1. The molecule has 1 aliphatic carbocycles. The van der Waals surface area contributed by atoms with Gasteiger partial charge in [-0.15, -0.1) is 0 Å². The van der Waals surface area contributed by atoms with Crippen LogP contribution in [0.2, 0.25) is 0 Å². The van der Waals surface area contributed by atoms with Crippen LogP contribution in [0.5, 0.6) is 0 Å². The van der Waals surface area contributed by atoms with Crippen LogP contribution in [0, 0.1) is 11.8 Å². The number of hydrogen-bond donors (Lipinski definition) is 1. The van der Waals surface area contributed by atoms with Crippen molar-refractivity contribution in [3.8, 4) is 0 Å². The topological polar surface area (TPSA) is 29.1 Å². The average molecular weight is 213 g/mol. The van der Waals surface area contributed by atoms with Crippen molar-refractivity contribution in [2.75, 3.05) is 6.54 Å². The highest BCUT2D eigenvalue weighted by atomic mass is 16.1. The first-order chi connectivity index (χ1) is 7.13. The number of carbonyl (C=O) groups excluding carboxylic acids is 1. The van der Waals surface area contributed by atoms with E-state index in [4.69, 9.17) is 0 Å². The lowest BCUT2D eigenvalue weighted by molar-refractivity contribution is -0.123. The fourth-order valence-electron chi connectivity index (χ4n) is 2.38. The van der Waals surface area contributed by atoms with Crippen molar-refractivity contribution < 1.29 is 6.22 Å². The standard InChI is InChI=1S/C13H25NO.H2/c1-4-13(15)12-7-5-11(6-8-12)9-14-10(2)3;/h10-12,14H,4-9H2,1-3H3;1H. The van der Waals surface area contributed by atoms with E-state index in [0.717, 1.165) is 31.7 Å². The molecule has 0 aromatic heterocycles. The van der Waals surface area contributed by atoms with Crippen molar-refractivity contribution in [1.82, 2.24) is 5.32 Å². The van der Waals surface area contributed by atoms with E-state index in [-0.39, 0.29) is 1.43 Å². The number of rotatable bonds is 5. The van der Waals surface area contributed by atoms with E-state index in [1.165, 1.54) is 12.8 Å². The molecule has 0 radical (unpaired) electrons. The third-order valence-electron chi connectivity index (χ3n) is 3.47. The summed E-state index contributed by atoms with van der Waals surface area (Å²) in [6.07, 6.45) is 5.43. The first-order valence-corrected chi connectivity index (χ1v) is 6.39. The maximum atomic E-state index is 11.5.